The molecule has 2 heterocycles. The highest BCUT2D eigenvalue weighted by Crippen LogP contribution is 2.58. The molecular formula is C18H34O3. The van der Waals surface area contributed by atoms with E-state index >= 15 is 0 Å². The fourth-order valence-corrected chi connectivity index (χ4v) is 3.66. The summed E-state index contributed by atoms with van der Waals surface area (Å²) in [5, 5.41) is 7.00. The highest BCUT2D eigenvalue weighted by Gasteiger charge is 2.67. The molecule has 0 bridgehead atoms. The van der Waals surface area contributed by atoms with Crippen LogP contribution in [0.3, 0.4) is 0 Å². The molecule has 0 aromatic heterocycles. The van der Waals surface area contributed by atoms with E-state index in [0.29, 0.717) is 12.0 Å². The lowest BCUT2D eigenvalue weighted by atomic mass is 9.71. The van der Waals surface area contributed by atoms with Gasteiger partial charge >= 0.3 is 0 Å². The molecule has 1 aliphatic carbocycles. The number of aliphatic hydroxyl groups is 1. The zero-order chi connectivity index (χ0) is 16.1. The Labute approximate surface area is 130 Å². The Kier molecular flexibility index (Phi) is 6.89. The Balaban J connectivity index is 0.000000510. The van der Waals surface area contributed by atoms with Crippen molar-refractivity contribution in [3.8, 4) is 0 Å². The van der Waals surface area contributed by atoms with E-state index in [1.807, 2.05) is 13.8 Å². The monoisotopic (exact) mass is 298 g/mol. The lowest BCUT2D eigenvalue weighted by molar-refractivity contribution is 0.0886. The molecule has 3 rings (SSSR count). The molecule has 3 nitrogen and oxygen atoms in total. The van der Waals surface area contributed by atoms with Crippen LogP contribution in [-0.2, 0) is 9.47 Å². The summed E-state index contributed by atoms with van der Waals surface area (Å²) >= 11 is 0. The molecule has 3 aliphatic rings. The van der Waals surface area contributed by atoms with Gasteiger partial charge in [0, 0.05) is 13.0 Å². The second-order valence-electron chi connectivity index (χ2n) is 6.46. The number of rotatable bonds is 3. The first-order valence-corrected chi connectivity index (χ1v) is 8.47. The number of aliphatic hydroxyl groups excluding tert-OH is 1. The lowest BCUT2D eigenvalue weighted by Gasteiger charge is -2.32. The molecule has 3 unspecified atom stereocenters. The van der Waals surface area contributed by atoms with Crippen molar-refractivity contribution >= 4 is 0 Å². The topological polar surface area (TPSA) is 45.3 Å². The van der Waals surface area contributed by atoms with Crippen LogP contribution in [0.25, 0.3) is 0 Å². The third-order valence-corrected chi connectivity index (χ3v) is 4.90. The Hall–Kier alpha value is -0.380. The molecule has 3 fully saturated rings. The zero-order valence-corrected chi connectivity index (χ0v) is 14.7. The van der Waals surface area contributed by atoms with Crippen molar-refractivity contribution in [1.29, 1.82) is 0 Å². The Morgan fingerprint density at radius 1 is 1.24 bits per heavy atom. The molecule has 3 heteroatoms. The van der Waals surface area contributed by atoms with Gasteiger partial charge in [-0.05, 0) is 40.0 Å². The summed E-state index contributed by atoms with van der Waals surface area (Å²) in [5.41, 5.74) is 1.71. The number of ether oxygens (including phenoxy) is 2. The molecule has 124 valence electrons. The highest BCUT2D eigenvalue weighted by molar-refractivity contribution is 5.16. The Bertz CT molecular complexity index is 342. The third-order valence-electron chi connectivity index (χ3n) is 4.90. The van der Waals surface area contributed by atoms with Gasteiger partial charge in [0.2, 0.25) is 0 Å². The minimum atomic E-state index is 0.100. The standard InChI is InChI=1S/C15H24O2.C2H6.CH4O/c1-11(2)7-8-13-14(3,17-13)12-6-4-5-9-15(12)10-16-15;2*1-2/h7,12-13H,4-6,8-10H2,1-3H3;1-2H3;2H,1H3/t12?,13?,14?,15-;;/m0../s1. The van der Waals surface area contributed by atoms with E-state index in [2.05, 4.69) is 26.8 Å². The van der Waals surface area contributed by atoms with E-state index < -0.39 is 0 Å². The van der Waals surface area contributed by atoms with Crippen LogP contribution in [0.1, 0.15) is 66.7 Å². The van der Waals surface area contributed by atoms with Gasteiger partial charge in [0.15, 0.2) is 0 Å². The summed E-state index contributed by atoms with van der Waals surface area (Å²) in [5.74, 6) is 0.638. The molecular weight excluding hydrogens is 264 g/mol. The third kappa shape index (κ3) is 4.08. The quantitative estimate of drug-likeness (QED) is 0.630. The van der Waals surface area contributed by atoms with Gasteiger partial charge < -0.3 is 14.6 Å². The summed E-state index contributed by atoms with van der Waals surface area (Å²) in [7, 11) is 1.00. The maximum Gasteiger partial charge on any atom is 0.0979 e. The van der Waals surface area contributed by atoms with Gasteiger partial charge in [0.25, 0.3) is 0 Å². The van der Waals surface area contributed by atoms with Crippen LogP contribution in [0.2, 0.25) is 0 Å². The fraction of sp³-hybridized carbons (Fsp3) is 0.889. The molecule has 21 heavy (non-hydrogen) atoms. The number of epoxide rings is 2. The van der Waals surface area contributed by atoms with E-state index in [1.165, 1.54) is 31.3 Å². The van der Waals surface area contributed by atoms with Crippen LogP contribution in [0.15, 0.2) is 11.6 Å². The van der Waals surface area contributed by atoms with E-state index in [-0.39, 0.29) is 11.2 Å². The molecule has 4 atom stereocenters. The van der Waals surface area contributed by atoms with Crippen molar-refractivity contribution in [3.05, 3.63) is 11.6 Å². The molecule has 2 saturated heterocycles. The van der Waals surface area contributed by atoms with Crippen molar-refractivity contribution in [2.45, 2.75) is 84.0 Å². The first kappa shape index (κ1) is 18.7. The fourth-order valence-electron chi connectivity index (χ4n) is 3.66. The number of hydrogen-bond donors (Lipinski definition) is 1. The van der Waals surface area contributed by atoms with Crippen molar-refractivity contribution in [2.24, 2.45) is 5.92 Å². The van der Waals surface area contributed by atoms with Crippen molar-refractivity contribution in [1.82, 2.24) is 0 Å². The Morgan fingerprint density at radius 2 is 1.86 bits per heavy atom. The minimum Gasteiger partial charge on any atom is -0.400 e. The van der Waals surface area contributed by atoms with Crippen molar-refractivity contribution < 1.29 is 14.6 Å². The molecule has 1 saturated carbocycles. The summed E-state index contributed by atoms with van der Waals surface area (Å²) in [6.45, 7) is 11.6. The summed E-state index contributed by atoms with van der Waals surface area (Å²) < 4.78 is 11.8. The van der Waals surface area contributed by atoms with Crippen LogP contribution < -0.4 is 0 Å². The molecule has 2 aliphatic heterocycles. The van der Waals surface area contributed by atoms with Gasteiger partial charge in [0.1, 0.15) is 0 Å². The Morgan fingerprint density at radius 3 is 2.38 bits per heavy atom. The lowest BCUT2D eigenvalue weighted by Crippen LogP contribution is -2.39. The average molecular weight is 298 g/mol. The normalized spacial score (nSPS) is 39.4. The van der Waals surface area contributed by atoms with Crippen LogP contribution in [0, 0.1) is 5.92 Å². The predicted octanol–water partition coefficient (Wildman–Crippen LogP) is 4.09. The van der Waals surface area contributed by atoms with Crippen LogP contribution >= 0.6 is 0 Å². The smallest absolute Gasteiger partial charge is 0.0979 e. The maximum absolute atomic E-state index is 7.00. The zero-order valence-electron chi connectivity index (χ0n) is 14.7. The van der Waals surface area contributed by atoms with Gasteiger partial charge in [-0.3, -0.25) is 0 Å². The van der Waals surface area contributed by atoms with Crippen LogP contribution in [0.4, 0.5) is 0 Å². The first-order chi connectivity index (χ1) is 10.1. The van der Waals surface area contributed by atoms with E-state index in [1.54, 1.807) is 0 Å². The maximum atomic E-state index is 7.00. The predicted molar refractivity (Wildman–Crippen MR) is 87.5 cm³/mol. The van der Waals surface area contributed by atoms with Gasteiger partial charge in [-0.15, -0.1) is 0 Å². The summed E-state index contributed by atoms with van der Waals surface area (Å²) in [6, 6.07) is 0. The molecule has 0 amide bonds. The second kappa shape index (κ2) is 7.75. The van der Waals surface area contributed by atoms with Crippen molar-refractivity contribution in [2.75, 3.05) is 13.7 Å². The second-order valence-corrected chi connectivity index (χ2v) is 6.46. The largest absolute Gasteiger partial charge is 0.400 e. The minimum absolute atomic E-state index is 0.100. The van der Waals surface area contributed by atoms with E-state index in [4.69, 9.17) is 14.6 Å². The summed E-state index contributed by atoms with van der Waals surface area (Å²) in [6.07, 6.45) is 9.05. The van der Waals surface area contributed by atoms with Gasteiger partial charge in [-0.25, -0.2) is 0 Å². The molecule has 0 aromatic rings. The SMILES string of the molecule is CC.CC(C)=CCC1OC1(C)C1CCCC[C@]12CO2.CO. The highest BCUT2D eigenvalue weighted by atomic mass is 16.6. The van der Waals surface area contributed by atoms with Gasteiger partial charge in [-0.1, -0.05) is 38.3 Å². The molecule has 0 radical (unpaired) electrons. The van der Waals surface area contributed by atoms with Crippen LogP contribution in [-0.4, -0.2) is 36.1 Å². The molecule has 1 spiro atoms. The summed E-state index contributed by atoms with van der Waals surface area (Å²) in [4.78, 5) is 0. The molecule has 0 aromatic carbocycles. The van der Waals surface area contributed by atoms with Gasteiger partial charge in [0.05, 0.1) is 23.9 Å². The number of hydrogen-bond acceptors (Lipinski definition) is 3. The average Bonchev–Trinajstić information content (AvgIpc) is 3.41. The van der Waals surface area contributed by atoms with E-state index in [9.17, 15) is 0 Å². The van der Waals surface area contributed by atoms with Crippen molar-refractivity contribution in [3.63, 3.8) is 0 Å². The first-order valence-electron chi connectivity index (χ1n) is 8.47. The number of allylic oxidation sites excluding steroid dienone is 1. The van der Waals surface area contributed by atoms with Crippen LogP contribution in [0.5, 0.6) is 0 Å². The molecule has 1 N–H and O–H groups in total. The van der Waals surface area contributed by atoms with Gasteiger partial charge in [-0.2, -0.15) is 0 Å². The van der Waals surface area contributed by atoms with E-state index in [0.717, 1.165) is 20.1 Å².